The van der Waals surface area contributed by atoms with E-state index in [1.807, 2.05) is 12.1 Å². The minimum Gasteiger partial charge on any atom is -0.493 e. The monoisotopic (exact) mass is 474 g/mol. The van der Waals surface area contributed by atoms with Crippen LogP contribution in [0.4, 0.5) is 0 Å². The Morgan fingerprint density at radius 1 is 0.714 bits per heavy atom. The Balaban J connectivity index is 1.78. The lowest BCUT2D eigenvalue weighted by Gasteiger charge is -2.09. The van der Waals surface area contributed by atoms with Gasteiger partial charge in [-0.2, -0.15) is 10.5 Å². The van der Waals surface area contributed by atoms with Crippen LogP contribution in [0.5, 0.6) is 11.5 Å². The van der Waals surface area contributed by atoms with Crippen molar-refractivity contribution in [1.82, 2.24) is 0 Å². The zero-order valence-corrected chi connectivity index (χ0v) is 19.7. The molecule has 0 aliphatic rings. The van der Waals surface area contributed by atoms with Crippen molar-refractivity contribution in [2.24, 2.45) is 0 Å². The van der Waals surface area contributed by atoms with Gasteiger partial charge in [0.1, 0.15) is 34.8 Å². The predicted molar refractivity (Wildman–Crippen MR) is 129 cm³/mol. The van der Waals surface area contributed by atoms with Crippen LogP contribution in [0.2, 0.25) is 0 Å². The molecule has 2 aromatic rings. The van der Waals surface area contributed by atoms with Crippen molar-refractivity contribution < 1.29 is 28.5 Å². The number of rotatable bonds is 12. The fourth-order valence-electron chi connectivity index (χ4n) is 2.78. The van der Waals surface area contributed by atoms with Crippen LogP contribution in [0.25, 0.3) is 12.2 Å². The summed E-state index contributed by atoms with van der Waals surface area (Å²) < 4.78 is 21.1. The van der Waals surface area contributed by atoms with Gasteiger partial charge in [-0.15, -0.1) is 0 Å². The molecule has 8 heteroatoms. The Morgan fingerprint density at radius 2 is 1.09 bits per heavy atom. The Kier molecular flexibility index (Phi) is 11.1. The van der Waals surface area contributed by atoms with Gasteiger partial charge in [0.25, 0.3) is 0 Å². The number of benzene rings is 2. The van der Waals surface area contributed by atoms with Gasteiger partial charge in [-0.1, -0.05) is 24.3 Å². The summed E-state index contributed by atoms with van der Waals surface area (Å²) >= 11 is 0. The molecule has 0 amide bonds. The molecule has 0 fully saturated rings. The highest BCUT2D eigenvalue weighted by Gasteiger charge is 2.10. The van der Waals surface area contributed by atoms with Crippen molar-refractivity contribution in [2.45, 2.75) is 20.3 Å². The minimum atomic E-state index is -0.648. The average Bonchev–Trinajstić information content (AvgIpc) is 2.87. The van der Waals surface area contributed by atoms with Gasteiger partial charge in [0.15, 0.2) is 0 Å². The predicted octanol–water partition coefficient (Wildman–Crippen LogP) is 4.47. The first-order valence-corrected chi connectivity index (χ1v) is 11.0. The Labute approximate surface area is 204 Å². The van der Waals surface area contributed by atoms with Gasteiger partial charge >= 0.3 is 11.9 Å². The van der Waals surface area contributed by atoms with Crippen molar-refractivity contribution in [2.75, 3.05) is 26.4 Å². The van der Waals surface area contributed by atoms with Gasteiger partial charge in [0.05, 0.1) is 26.4 Å². The maximum Gasteiger partial charge on any atom is 0.348 e. The van der Waals surface area contributed by atoms with Crippen molar-refractivity contribution in [3.63, 3.8) is 0 Å². The van der Waals surface area contributed by atoms with Gasteiger partial charge in [-0.3, -0.25) is 0 Å². The fraction of sp³-hybridized carbons (Fsp3) is 0.259. The summed E-state index contributed by atoms with van der Waals surface area (Å²) in [6.07, 6.45) is 3.58. The molecule has 0 bridgehead atoms. The molecule has 0 saturated carbocycles. The molecule has 0 aliphatic heterocycles. The molecule has 0 spiro atoms. The van der Waals surface area contributed by atoms with E-state index in [9.17, 15) is 9.59 Å². The lowest BCUT2D eigenvalue weighted by atomic mass is 10.1. The molecule has 2 rings (SSSR count). The van der Waals surface area contributed by atoms with Crippen LogP contribution in [0.15, 0.2) is 59.7 Å². The van der Waals surface area contributed by atoms with Gasteiger partial charge in [0.2, 0.25) is 0 Å². The van der Waals surface area contributed by atoms with Crippen molar-refractivity contribution in [3.05, 3.63) is 70.8 Å². The lowest BCUT2D eigenvalue weighted by Crippen LogP contribution is -2.06. The van der Waals surface area contributed by atoms with Crippen LogP contribution in [-0.2, 0) is 19.1 Å². The van der Waals surface area contributed by atoms with E-state index in [1.54, 1.807) is 62.4 Å². The summed E-state index contributed by atoms with van der Waals surface area (Å²) in [5.41, 5.74) is 1.25. The molecule has 0 radical (unpaired) electrons. The summed E-state index contributed by atoms with van der Waals surface area (Å²) in [5, 5.41) is 18.2. The van der Waals surface area contributed by atoms with Gasteiger partial charge in [-0.05, 0) is 61.4 Å². The number of carbonyl (C=O) groups is 2. The molecular formula is C27H26N2O6. The topological polar surface area (TPSA) is 119 Å². The molecule has 35 heavy (non-hydrogen) atoms. The number of hydrogen-bond donors (Lipinski definition) is 0. The van der Waals surface area contributed by atoms with E-state index in [2.05, 4.69) is 0 Å². The number of nitrogens with zero attached hydrogens (tertiary/aromatic N) is 2. The van der Waals surface area contributed by atoms with Crippen LogP contribution < -0.4 is 9.47 Å². The average molecular weight is 475 g/mol. The molecule has 0 atom stereocenters. The highest BCUT2D eigenvalue weighted by molar-refractivity contribution is 5.98. The molecule has 0 N–H and O–H groups in total. The van der Waals surface area contributed by atoms with Gasteiger partial charge in [-0.25, -0.2) is 9.59 Å². The summed E-state index contributed by atoms with van der Waals surface area (Å²) in [6, 6.07) is 17.7. The highest BCUT2D eigenvalue weighted by atomic mass is 16.5. The second-order valence-corrected chi connectivity index (χ2v) is 6.97. The number of esters is 2. The summed E-state index contributed by atoms with van der Waals surface area (Å²) in [5.74, 6) is 0.0145. The SMILES string of the molecule is CCOC(=O)/C(C#N)=C/c1ccc(OCCCOc2ccc(/C=C(\C#N)C(=O)OCC)cc2)cc1. The summed E-state index contributed by atoms with van der Waals surface area (Å²) in [6.45, 7) is 4.65. The lowest BCUT2D eigenvalue weighted by molar-refractivity contribution is -0.138. The first-order valence-electron chi connectivity index (χ1n) is 11.0. The highest BCUT2D eigenvalue weighted by Crippen LogP contribution is 2.17. The summed E-state index contributed by atoms with van der Waals surface area (Å²) in [4.78, 5) is 23.4. The van der Waals surface area contributed by atoms with Crippen LogP contribution in [0.3, 0.4) is 0 Å². The molecule has 8 nitrogen and oxygen atoms in total. The number of hydrogen-bond acceptors (Lipinski definition) is 8. The largest absolute Gasteiger partial charge is 0.493 e. The molecule has 0 heterocycles. The first-order chi connectivity index (χ1) is 17.0. The van der Waals surface area contributed by atoms with E-state index < -0.39 is 11.9 Å². The maximum atomic E-state index is 11.7. The van der Waals surface area contributed by atoms with E-state index in [1.165, 1.54) is 12.2 Å². The fourth-order valence-corrected chi connectivity index (χ4v) is 2.78. The molecule has 0 unspecified atom stereocenters. The maximum absolute atomic E-state index is 11.7. The third-order valence-corrected chi connectivity index (χ3v) is 4.44. The second-order valence-electron chi connectivity index (χ2n) is 6.97. The number of carbonyl (C=O) groups excluding carboxylic acids is 2. The van der Waals surface area contributed by atoms with E-state index in [4.69, 9.17) is 29.5 Å². The molecule has 0 aliphatic carbocycles. The zero-order chi connectivity index (χ0) is 25.5. The van der Waals surface area contributed by atoms with Crippen molar-refractivity contribution in [3.8, 4) is 23.6 Å². The third kappa shape index (κ3) is 9.07. The standard InChI is InChI=1S/C27H26N2O6/c1-3-32-26(30)22(18-28)16-20-6-10-24(11-7-20)34-14-5-15-35-25-12-8-21(9-13-25)17-23(19-29)27(31)33-4-2/h6-13,16-17H,3-5,14-15H2,1-2H3/b22-16+,23-17+. The number of ether oxygens (including phenoxy) is 4. The molecular weight excluding hydrogens is 448 g/mol. The van der Waals surface area contributed by atoms with Crippen molar-refractivity contribution in [1.29, 1.82) is 10.5 Å². The number of nitriles is 2. The van der Waals surface area contributed by atoms with Gasteiger partial charge in [0, 0.05) is 6.42 Å². The molecule has 180 valence electrons. The molecule has 0 saturated heterocycles. The normalized spacial score (nSPS) is 11.1. The Bertz CT molecular complexity index is 1040. The van der Waals surface area contributed by atoms with Crippen molar-refractivity contribution >= 4 is 24.1 Å². The van der Waals surface area contributed by atoms with E-state index >= 15 is 0 Å². The van der Waals surface area contributed by atoms with Crippen LogP contribution in [0, 0.1) is 22.7 Å². The van der Waals surface area contributed by atoms with E-state index in [0.29, 0.717) is 42.3 Å². The minimum absolute atomic E-state index is 0.0637. The van der Waals surface area contributed by atoms with E-state index in [-0.39, 0.29) is 24.4 Å². The Hall–Kier alpha value is -4.56. The first kappa shape index (κ1) is 26.7. The van der Waals surface area contributed by atoms with Crippen LogP contribution >= 0.6 is 0 Å². The van der Waals surface area contributed by atoms with Gasteiger partial charge < -0.3 is 18.9 Å². The third-order valence-electron chi connectivity index (χ3n) is 4.44. The molecule has 2 aromatic carbocycles. The zero-order valence-electron chi connectivity index (χ0n) is 19.7. The smallest absolute Gasteiger partial charge is 0.348 e. The van der Waals surface area contributed by atoms with Crippen LogP contribution in [0.1, 0.15) is 31.4 Å². The second kappa shape index (κ2) is 14.6. The Morgan fingerprint density at radius 3 is 1.40 bits per heavy atom. The van der Waals surface area contributed by atoms with E-state index in [0.717, 1.165) is 0 Å². The molecule has 0 aromatic heterocycles. The quantitative estimate of drug-likeness (QED) is 0.191. The summed E-state index contributed by atoms with van der Waals surface area (Å²) in [7, 11) is 0. The van der Waals surface area contributed by atoms with Crippen LogP contribution in [-0.4, -0.2) is 38.4 Å².